The Bertz CT molecular complexity index is 397. The van der Waals surface area contributed by atoms with Crippen molar-refractivity contribution in [3.05, 3.63) is 24.0 Å². The number of hydrogen-bond acceptors (Lipinski definition) is 4. The molecule has 1 atom stereocenters. The lowest BCUT2D eigenvalue weighted by Gasteiger charge is -2.33. The molecule has 0 aromatic carbocycles. The van der Waals surface area contributed by atoms with E-state index in [1.165, 1.54) is 0 Å². The summed E-state index contributed by atoms with van der Waals surface area (Å²) in [5.74, 6) is 0.0954. The molecule has 1 fully saturated rings. The van der Waals surface area contributed by atoms with Crippen LogP contribution in [0.2, 0.25) is 0 Å². The Morgan fingerprint density at radius 1 is 1.61 bits per heavy atom. The SMILES string of the molecule is CC1COCCN1C(=O)Cc1ccc(N)cn1.Cl. The fraction of sp³-hybridized carbons (Fsp3) is 0.500. The van der Waals surface area contributed by atoms with Gasteiger partial charge in [-0.1, -0.05) is 0 Å². The number of pyridine rings is 1. The Morgan fingerprint density at radius 3 is 3.00 bits per heavy atom. The summed E-state index contributed by atoms with van der Waals surface area (Å²) in [4.78, 5) is 18.0. The predicted octanol–water partition coefficient (Wildman–Crippen LogP) is 0.875. The molecule has 2 heterocycles. The number of aromatic nitrogens is 1. The van der Waals surface area contributed by atoms with E-state index in [-0.39, 0.29) is 24.4 Å². The van der Waals surface area contributed by atoms with E-state index in [0.717, 1.165) is 5.69 Å². The molecule has 6 heteroatoms. The Labute approximate surface area is 113 Å². The van der Waals surface area contributed by atoms with Crippen molar-refractivity contribution in [3.63, 3.8) is 0 Å². The lowest BCUT2D eigenvalue weighted by molar-refractivity contribution is -0.138. The van der Waals surface area contributed by atoms with Gasteiger partial charge in [0.05, 0.1) is 37.6 Å². The highest BCUT2D eigenvalue weighted by Crippen LogP contribution is 2.09. The summed E-state index contributed by atoms with van der Waals surface area (Å²) in [6.45, 7) is 3.88. The van der Waals surface area contributed by atoms with Crippen molar-refractivity contribution in [2.45, 2.75) is 19.4 Å². The van der Waals surface area contributed by atoms with E-state index in [2.05, 4.69) is 4.98 Å². The Balaban J connectivity index is 0.00000162. The zero-order valence-electron chi connectivity index (χ0n) is 10.3. The van der Waals surface area contributed by atoms with Crippen LogP contribution in [0, 0.1) is 0 Å². The van der Waals surface area contributed by atoms with E-state index in [4.69, 9.17) is 10.5 Å². The van der Waals surface area contributed by atoms with Crippen LogP contribution in [0.1, 0.15) is 12.6 Å². The molecule has 1 amide bonds. The van der Waals surface area contributed by atoms with Gasteiger partial charge in [-0.25, -0.2) is 0 Å². The number of rotatable bonds is 2. The number of hydrogen-bond donors (Lipinski definition) is 1. The molecule has 1 aliphatic heterocycles. The second kappa shape index (κ2) is 6.56. The molecule has 1 aromatic heterocycles. The molecule has 0 spiro atoms. The van der Waals surface area contributed by atoms with Gasteiger partial charge in [-0.3, -0.25) is 9.78 Å². The molecule has 0 bridgehead atoms. The maximum Gasteiger partial charge on any atom is 0.228 e. The number of ether oxygens (including phenoxy) is 1. The molecule has 2 N–H and O–H groups in total. The van der Waals surface area contributed by atoms with Gasteiger partial charge in [-0.05, 0) is 19.1 Å². The van der Waals surface area contributed by atoms with E-state index < -0.39 is 0 Å². The third-order valence-corrected chi connectivity index (χ3v) is 2.87. The van der Waals surface area contributed by atoms with E-state index in [1.54, 1.807) is 18.3 Å². The van der Waals surface area contributed by atoms with Gasteiger partial charge < -0.3 is 15.4 Å². The highest BCUT2D eigenvalue weighted by atomic mass is 35.5. The van der Waals surface area contributed by atoms with Crippen LogP contribution in [-0.4, -0.2) is 41.6 Å². The first-order chi connectivity index (χ1) is 8.16. The number of anilines is 1. The number of nitrogen functional groups attached to an aromatic ring is 1. The van der Waals surface area contributed by atoms with E-state index in [0.29, 0.717) is 31.9 Å². The zero-order valence-corrected chi connectivity index (χ0v) is 11.2. The van der Waals surface area contributed by atoms with Crippen LogP contribution >= 0.6 is 12.4 Å². The minimum atomic E-state index is 0. The molecular formula is C12H18ClN3O2. The van der Waals surface area contributed by atoms with Crippen molar-refractivity contribution in [3.8, 4) is 0 Å². The first-order valence-electron chi connectivity index (χ1n) is 5.74. The van der Waals surface area contributed by atoms with Crippen molar-refractivity contribution in [2.24, 2.45) is 0 Å². The molecule has 5 nitrogen and oxygen atoms in total. The molecule has 100 valence electrons. The monoisotopic (exact) mass is 271 g/mol. The standard InChI is InChI=1S/C12H17N3O2.ClH/c1-9-8-17-5-4-15(9)12(16)6-11-3-2-10(13)7-14-11;/h2-3,7,9H,4-6,8,13H2,1H3;1H. The first kappa shape index (κ1) is 14.7. The molecular weight excluding hydrogens is 254 g/mol. The highest BCUT2D eigenvalue weighted by Gasteiger charge is 2.23. The number of halogens is 1. The van der Waals surface area contributed by atoms with Crippen LogP contribution in [0.5, 0.6) is 0 Å². The third-order valence-electron chi connectivity index (χ3n) is 2.87. The second-order valence-corrected chi connectivity index (χ2v) is 4.27. The molecule has 1 saturated heterocycles. The van der Waals surface area contributed by atoms with Gasteiger partial charge in [-0.2, -0.15) is 0 Å². The van der Waals surface area contributed by atoms with Crippen LogP contribution in [0.25, 0.3) is 0 Å². The zero-order chi connectivity index (χ0) is 12.3. The van der Waals surface area contributed by atoms with E-state index in [9.17, 15) is 4.79 Å². The fourth-order valence-corrected chi connectivity index (χ4v) is 1.89. The molecule has 0 radical (unpaired) electrons. The van der Waals surface area contributed by atoms with E-state index in [1.807, 2.05) is 11.8 Å². The summed E-state index contributed by atoms with van der Waals surface area (Å²) in [7, 11) is 0. The molecule has 0 saturated carbocycles. The predicted molar refractivity (Wildman–Crippen MR) is 71.6 cm³/mol. The maximum atomic E-state index is 12.1. The smallest absolute Gasteiger partial charge is 0.228 e. The maximum absolute atomic E-state index is 12.1. The van der Waals surface area contributed by atoms with Gasteiger partial charge in [-0.15, -0.1) is 12.4 Å². The number of nitrogens with zero attached hydrogens (tertiary/aromatic N) is 2. The molecule has 2 rings (SSSR count). The number of carbonyl (C=O) groups excluding carboxylic acids is 1. The third kappa shape index (κ3) is 3.58. The molecule has 1 aromatic rings. The minimum absolute atomic E-state index is 0. The van der Waals surface area contributed by atoms with Crippen molar-refractivity contribution in [1.82, 2.24) is 9.88 Å². The van der Waals surface area contributed by atoms with Gasteiger partial charge >= 0.3 is 0 Å². The lowest BCUT2D eigenvalue weighted by Crippen LogP contribution is -2.47. The molecule has 1 unspecified atom stereocenters. The largest absolute Gasteiger partial charge is 0.397 e. The summed E-state index contributed by atoms with van der Waals surface area (Å²) in [5, 5.41) is 0. The van der Waals surface area contributed by atoms with Crippen LogP contribution in [0.15, 0.2) is 18.3 Å². The van der Waals surface area contributed by atoms with E-state index >= 15 is 0 Å². The quantitative estimate of drug-likeness (QED) is 0.867. The molecule has 0 aliphatic carbocycles. The highest BCUT2D eigenvalue weighted by molar-refractivity contribution is 5.85. The van der Waals surface area contributed by atoms with Crippen molar-refractivity contribution in [1.29, 1.82) is 0 Å². The van der Waals surface area contributed by atoms with Gasteiger partial charge in [0.25, 0.3) is 0 Å². The Hall–Kier alpha value is -1.33. The summed E-state index contributed by atoms with van der Waals surface area (Å²) >= 11 is 0. The summed E-state index contributed by atoms with van der Waals surface area (Å²) in [5.41, 5.74) is 6.91. The van der Waals surface area contributed by atoms with Gasteiger partial charge in [0.2, 0.25) is 5.91 Å². The van der Waals surface area contributed by atoms with Crippen molar-refractivity contribution >= 4 is 24.0 Å². The average Bonchev–Trinajstić information content (AvgIpc) is 2.32. The minimum Gasteiger partial charge on any atom is -0.397 e. The fourth-order valence-electron chi connectivity index (χ4n) is 1.89. The van der Waals surface area contributed by atoms with Gasteiger partial charge in [0.1, 0.15) is 0 Å². The first-order valence-corrected chi connectivity index (χ1v) is 5.74. The van der Waals surface area contributed by atoms with Crippen LogP contribution in [0.4, 0.5) is 5.69 Å². The van der Waals surface area contributed by atoms with Gasteiger partial charge in [0, 0.05) is 12.2 Å². The second-order valence-electron chi connectivity index (χ2n) is 4.27. The van der Waals surface area contributed by atoms with Crippen molar-refractivity contribution in [2.75, 3.05) is 25.5 Å². The van der Waals surface area contributed by atoms with Gasteiger partial charge in [0.15, 0.2) is 0 Å². The topological polar surface area (TPSA) is 68.5 Å². The molecule has 1 aliphatic rings. The summed E-state index contributed by atoms with van der Waals surface area (Å²) in [6, 6.07) is 3.70. The van der Waals surface area contributed by atoms with Crippen LogP contribution in [-0.2, 0) is 16.0 Å². The number of carbonyl (C=O) groups is 1. The molecule has 18 heavy (non-hydrogen) atoms. The van der Waals surface area contributed by atoms with Crippen LogP contribution < -0.4 is 5.73 Å². The normalized spacial score (nSPS) is 19.2. The average molecular weight is 272 g/mol. The number of nitrogens with two attached hydrogens (primary N) is 1. The number of morpholine rings is 1. The Morgan fingerprint density at radius 2 is 2.39 bits per heavy atom. The number of amides is 1. The Kier molecular flexibility index (Phi) is 5.37. The van der Waals surface area contributed by atoms with Crippen LogP contribution in [0.3, 0.4) is 0 Å². The van der Waals surface area contributed by atoms with Crippen molar-refractivity contribution < 1.29 is 9.53 Å². The lowest BCUT2D eigenvalue weighted by atomic mass is 10.2. The summed E-state index contributed by atoms with van der Waals surface area (Å²) in [6.07, 6.45) is 1.90. The summed E-state index contributed by atoms with van der Waals surface area (Å²) < 4.78 is 5.30.